The highest BCUT2D eigenvalue weighted by atomic mass is 16.4. The summed E-state index contributed by atoms with van der Waals surface area (Å²) in [5, 5.41) is 8.91. The Balaban J connectivity index is 2.06. The molecule has 0 radical (unpaired) electrons. The molecule has 2 saturated carbocycles. The monoisotopic (exact) mass is 209 g/mol. The van der Waals surface area contributed by atoms with E-state index in [0.717, 1.165) is 12.8 Å². The summed E-state index contributed by atoms with van der Waals surface area (Å²) in [4.78, 5) is 10.8. The summed E-state index contributed by atoms with van der Waals surface area (Å²) in [6.45, 7) is 4.34. The lowest BCUT2D eigenvalue weighted by atomic mass is 9.53. The third-order valence-electron chi connectivity index (χ3n) is 4.43. The van der Waals surface area contributed by atoms with Gasteiger partial charge in [-0.1, -0.05) is 6.08 Å². The number of carboxylic acid groups (broad SMARTS) is 1. The zero-order valence-electron chi connectivity index (χ0n) is 8.98. The first-order valence-electron chi connectivity index (χ1n) is 5.66. The van der Waals surface area contributed by atoms with Gasteiger partial charge in [-0.3, -0.25) is 4.79 Å². The quantitative estimate of drug-likeness (QED) is 0.692. The standard InChI is InChI=1S/C12H19NO2/c1-2-8-3-9-5-12(7-13,6-11(14)15)10(9)4-8/h2,8-10H,1,3-7,13H2,(H,14,15)/t8?,9?,10?,12-/m1/s1. The molecule has 0 saturated heterocycles. The number of hydrogen-bond donors (Lipinski definition) is 2. The second kappa shape index (κ2) is 3.63. The minimum atomic E-state index is -0.707. The van der Waals surface area contributed by atoms with Gasteiger partial charge in [-0.2, -0.15) is 0 Å². The highest BCUT2D eigenvalue weighted by molar-refractivity contribution is 5.68. The largest absolute Gasteiger partial charge is 0.481 e. The van der Waals surface area contributed by atoms with E-state index in [0.29, 0.717) is 24.3 Å². The van der Waals surface area contributed by atoms with Crippen LogP contribution >= 0.6 is 0 Å². The van der Waals surface area contributed by atoms with Crippen molar-refractivity contribution in [3.63, 3.8) is 0 Å². The van der Waals surface area contributed by atoms with Crippen molar-refractivity contribution in [1.29, 1.82) is 0 Å². The lowest BCUT2D eigenvalue weighted by Crippen LogP contribution is -2.51. The summed E-state index contributed by atoms with van der Waals surface area (Å²) in [6.07, 6.45) is 5.55. The molecule has 0 amide bonds. The highest BCUT2D eigenvalue weighted by Crippen LogP contribution is 2.61. The number of aliphatic carboxylic acids is 1. The van der Waals surface area contributed by atoms with E-state index >= 15 is 0 Å². The van der Waals surface area contributed by atoms with Gasteiger partial charge in [0.15, 0.2) is 0 Å². The number of allylic oxidation sites excluding steroid dienone is 1. The predicted molar refractivity (Wildman–Crippen MR) is 58.3 cm³/mol. The van der Waals surface area contributed by atoms with Crippen LogP contribution in [0.4, 0.5) is 0 Å². The van der Waals surface area contributed by atoms with Crippen LogP contribution in [0.3, 0.4) is 0 Å². The van der Waals surface area contributed by atoms with Crippen LogP contribution in [0.5, 0.6) is 0 Å². The molecule has 0 heterocycles. The lowest BCUT2D eigenvalue weighted by Gasteiger charge is -2.51. The van der Waals surface area contributed by atoms with Gasteiger partial charge in [0.2, 0.25) is 0 Å². The molecule has 4 atom stereocenters. The van der Waals surface area contributed by atoms with Gasteiger partial charge in [0.1, 0.15) is 0 Å². The van der Waals surface area contributed by atoms with Crippen LogP contribution in [0.1, 0.15) is 25.7 Å². The molecule has 15 heavy (non-hydrogen) atoms. The van der Waals surface area contributed by atoms with Gasteiger partial charge in [-0.15, -0.1) is 6.58 Å². The van der Waals surface area contributed by atoms with E-state index in [-0.39, 0.29) is 11.8 Å². The van der Waals surface area contributed by atoms with Crippen molar-refractivity contribution in [3.8, 4) is 0 Å². The Labute approximate surface area is 90.3 Å². The van der Waals surface area contributed by atoms with E-state index < -0.39 is 5.97 Å². The normalized spacial score (nSPS) is 43.1. The first-order chi connectivity index (χ1) is 7.11. The number of carbonyl (C=O) groups is 1. The van der Waals surface area contributed by atoms with E-state index in [1.807, 2.05) is 6.08 Å². The molecule has 2 fully saturated rings. The van der Waals surface area contributed by atoms with E-state index in [2.05, 4.69) is 6.58 Å². The van der Waals surface area contributed by atoms with E-state index in [4.69, 9.17) is 10.8 Å². The van der Waals surface area contributed by atoms with Crippen molar-refractivity contribution in [2.75, 3.05) is 6.54 Å². The van der Waals surface area contributed by atoms with Crippen LogP contribution in [-0.2, 0) is 4.79 Å². The SMILES string of the molecule is C=CC1CC2C[C@](CN)(CC(=O)O)C2C1. The maximum absolute atomic E-state index is 10.8. The van der Waals surface area contributed by atoms with E-state index in [9.17, 15) is 4.79 Å². The summed E-state index contributed by atoms with van der Waals surface area (Å²) < 4.78 is 0. The van der Waals surface area contributed by atoms with Gasteiger partial charge in [0.25, 0.3) is 0 Å². The minimum Gasteiger partial charge on any atom is -0.481 e. The molecule has 3 heteroatoms. The summed E-state index contributed by atoms with van der Waals surface area (Å²) in [6, 6.07) is 0. The summed E-state index contributed by atoms with van der Waals surface area (Å²) in [7, 11) is 0. The van der Waals surface area contributed by atoms with Gasteiger partial charge in [-0.25, -0.2) is 0 Å². The molecule has 2 rings (SSSR count). The van der Waals surface area contributed by atoms with Crippen LogP contribution in [0.2, 0.25) is 0 Å². The Hall–Kier alpha value is -0.830. The van der Waals surface area contributed by atoms with Crippen molar-refractivity contribution < 1.29 is 9.90 Å². The van der Waals surface area contributed by atoms with Crippen molar-refractivity contribution in [3.05, 3.63) is 12.7 Å². The van der Waals surface area contributed by atoms with Gasteiger partial charge < -0.3 is 10.8 Å². The van der Waals surface area contributed by atoms with Crippen LogP contribution in [0.25, 0.3) is 0 Å². The molecule has 0 bridgehead atoms. The Morgan fingerprint density at radius 2 is 2.33 bits per heavy atom. The third-order valence-corrected chi connectivity index (χ3v) is 4.43. The first kappa shape index (κ1) is 10.7. The van der Waals surface area contributed by atoms with Crippen LogP contribution in [0.15, 0.2) is 12.7 Å². The van der Waals surface area contributed by atoms with Crippen LogP contribution in [-0.4, -0.2) is 17.6 Å². The number of rotatable bonds is 4. The molecule has 2 aliphatic carbocycles. The molecule has 0 spiro atoms. The Morgan fingerprint density at radius 1 is 1.60 bits per heavy atom. The first-order valence-corrected chi connectivity index (χ1v) is 5.66. The van der Waals surface area contributed by atoms with Crippen molar-refractivity contribution in [2.45, 2.75) is 25.7 Å². The molecule has 0 aliphatic heterocycles. The van der Waals surface area contributed by atoms with E-state index in [1.165, 1.54) is 6.42 Å². The molecule has 3 unspecified atom stereocenters. The topological polar surface area (TPSA) is 63.3 Å². The lowest BCUT2D eigenvalue weighted by molar-refractivity contribution is -0.145. The van der Waals surface area contributed by atoms with Gasteiger partial charge in [0.05, 0.1) is 6.42 Å². The third kappa shape index (κ3) is 1.59. The highest BCUT2D eigenvalue weighted by Gasteiger charge is 2.56. The fourth-order valence-corrected chi connectivity index (χ4v) is 3.66. The summed E-state index contributed by atoms with van der Waals surface area (Å²) in [5.74, 6) is 1.11. The number of fused-ring (bicyclic) bond motifs is 1. The predicted octanol–water partition coefficient (Wildman–Crippen LogP) is 1.64. The average molecular weight is 209 g/mol. The Kier molecular flexibility index (Phi) is 2.59. The molecule has 3 nitrogen and oxygen atoms in total. The number of carboxylic acids is 1. The Bertz CT molecular complexity index is 289. The maximum atomic E-state index is 10.8. The van der Waals surface area contributed by atoms with Crippen LogP contribution < -0.4 is 5.73 Å². The maximum Gasteiger partial charge on any atom is 0.303 e. The van der Waals surface area contributed by atoms with Crippen molar-refractivity contribution >= 4 is 5.97 Å². The second-order valence-electron chi connectivity index (χ2n) is 5.17. The van der Waals surface area contributed by atoms with Crippen LogP contribution in [0, 0.1) is 23.2 Å². The van der Waals surface area contributed by atoms with Crippen molar-refractivity contribution in [1.82, 2.24) is 0 Å². The summed E-state index contributed by atoms with van der Waals surface area (Å²) >= 11 is 0. The number of nitrogens with two attached hydrogens (primary N) is 1. The minimum absolute atomic E-state index is 0.103. The average Bonchev–Trinajstić information content (AvgIpc) is 2.53. The molecular weight excluding hydrogens is 190 g/mol. The molecule has 0 aromatic heterocycles. The fraction of sp³-hybridized carbons (Fsp3) is 0.750. The molecular formula is C12H19NO2. The number of hydrogen-bond acceptors (Lipinski definition) is 2. The van der Waals surface area contributed by atoms with Crippen molar-refractivity contribution in [2.24, 2.45) is 28.9 Å². The zero-order valence-corrected chi connectivity index (χ0v) is 8.98. The summed E-state index contributed by atoms with van der Waals surface area (Å²) in [5.41, 5.74) is 5.67. The molecule has 3 N–H and O–H groups in total. The molecule has 84 valence electrons. The zero-order chi connectivity index (χ0) is 11.1. The fourth-order valence-electron chi connectivity index (χ4n) is 3.66. The molecule has 0 aromatic carbocycles. The molecule has 2 aliphatic rings. The molecule has 0 aromatic rings. The second-order valence-corrected chi connectivity index (χ2v) is 5.17. The van der Waals surface area contributed by atoms with Gasteiger partial charge >= 0.3 is 5.97 Å². The Morgan fingerprint density at radius 3 is 2.87 bits per heavy atom. The smallest absolute Gasteiger partial charge is 0.303 e. The van der Waals surface area contributed by atoms with Gasteiger partial charge in [0, 0.05) is 0 Å². The van der Waals surface area contributed by atoms with E-state index in [1.54, 1.807) is 0 Å². The van der Waals surface area contributed by atoms with Gasteiger partial charge in [-0.05, 0) is 49.0 Å².